The highest BCUT2D eigenvalue weighted by Crippen LogP contribution is 2.37. The van der Waals surface area contributed by atoms with Crippen LogP contribution in [0.25, 0.3) is 0 Å². The first kappa shape index (κ1) is 20.1. The molecule has 0 radical (unpaired) electrons. The van der Waals surface area contributed by atoms with Crippen LogP contribution < -0.4 is 0 Å². The summed E-state index contributed by atoms with van der Waals surface area (Å²) in [5.41, 5.74) is -0.710. The number of ether oxygens (including phenoxy) is 1. The standard InChI is InChI=1S/C25H32NO3/c1-26-17-9-8-16-23(26)20(11-10-18-26)19-29-24(27)25(28,21-12-4-2-5-13-21)22-14-6-3-7-15-22/h2-7,12-15,20,23,28H,8-11,16-19H2,1H3/q+1/t20-,23+,26-/m0/s1. The Bertz CT molecular complexity index is 779. The number of piperidine rings is 2. The molecule has 2 fully saturated rings. The van der Waals surface area contributed by atoms with Crippen LogP contribution in [0.4, 0.5) is 0 Å². The quantitative estimate of drug-likeness (QED) is 0.618. The van der Waals surface area contributed by atoms with E-state index in [1.807, 2.05) is 36.4 Å². The van der Waals surface area contributed by atoms with Crippen molar-refractivity contribution in [2.75, 3.05) is 26.7 Å². The maximum Gasteiger partial charge on any atom is 0.347 e. The third-order valence-electron chi connectivity index (χ3n) is 7.11. The van der Waals surface area contributed by atoms with Crippen molar-refractivity contribution in [2.45, 2.75) is 43.7 Å². The van der Waals surface area contributed by atoms with E-state index in [0.717, 1.165) is 10.9 Å². The summed E-state index contributed by atoms with van der Waals surface area (Å²) in [5.74, 6) is -0.209. The first-order valence-corrected chi connectivity index (χ1v) is 10.9. The third-order valence-corrected chi connectivity index (χ3v) is 7.11. The van der Waals surface area contributed by atoms with Crippen LogP contribution in [0.1, 0.15) is 43.2 Å². The molecule has 0 amide bonds. The van der Waals surface area contributed by atoms with E-state index in [9.17, 15) is 9.90 Å². The SMILES string of the molecule is C[N@@+]12CCCC[C@@H]1[C@H](COC(=O)C(O)(c1ccccc1)c1ccccc1)CCC2. The Morgan fingerprint density at radius 3 is 2.17 bits per heavy atom. The predicted molar refractivity (Wildman–Crippen MR) is 113 cm³/mol. The normalized spacial score (nSPS) is 27.1. The van der Waals surface area contributed by atoms with Crippen molar-refractivity contribution in [3.8, 4) is 0 Å². The van der Waals surface area contributed by atoms with Gasteiger partial charge in [-0.25, -0.2) is 4.79 Å². The number of carbonyl (C=O) groups excluding carboxylic acids is 1. The molecule has 0 unspecified atom stereocenters. The second-order valence-electron chi connectivity index (χ2n) is 8.93. The summed E-state index contributed by atoms with van der Waals surface area (Å²) in [6.07, 6.45) is 6.04. The smallest absolute Gasteiger partial charge is 0.347 e. The topological polar surface area (TPSA) is 46.5 Å². The van der Waals surface area contributed by atoms with Crippen LogP contribution in [0.3, 0.4) is 0 Å². The summed E-state index contributed by atoms with van der Waals surface area (Å²) in [4.78, 5) is 13.3. The Morgan fingerprint density at radius 1 is 0.966 bits per heavy atom. The van der Waals surface area contributed by atoms with E-state index in [1.165, 1.54) is 38.8 Å². The minimum absolute atomic E-state index is 0.369. The van der Waals surface area contributed by atoms with Crippen molar-refractivity contribution >= 4 is 5.97 Å². The minimum atomic E-state index is -1.79. The molecule has 2 aliphatic heterocycles. The molecule has 29 heavy (non-hydrogen) atoms. The van der Waals surface area contributed by atoms with Gasteiger partial charge in [0, 0.05) is 12.3 Å². The molecule has 2 aliphatic rings. The summed E-state index contributed by atoms with van der Waals surface area (Å²) in [6, 6.07) is 18.8. The molecule has 0 spiro atoms. The van der Waals surface area contributed by atoms with Crippen molar-refractivity contribution in [1.29, 1.82) is 0 Å². The molecular formula is C25H32NO3+. The lowest BCUT2D eigenvalue weighted by atomic mass is 9.81. The zero-order chi connectivity index (χ0) is 20.3. The van der Waals surface area contributed by atoms with Crippen LogP contribution in [0, 0.1) is 5.92 Å². The number of nitrogens with zero attached hydrogens (tertiary/aromatic N) is 1. The van der Waals surface area contributed by atoms with Crippen LogP contribution in [-0.2, 0) is 15.1 Å². The first-order valence-electron chi connectivity index (χ1n) is 10.9. The third kappa shape index (κ3) is 3.84. The molecule has 2 aromatic carbocycles. The van der Waals surface area contributed by atoms with Gasteiger partial charge >= 0.3 is 5.97 Å². The van der Waals surface area contributed by atoms with Crippen molar-refractivity contribution in [1.82, 2.24) is 0 Å². The lowest BCUT2D eigenvalue weighted by Gasteiger charge is -2.51. The van der Waals surface area contributed by atoms with Gasteiger partial charge in [0.2, 0.25) is 5.60 Å². The van der Waals surface area contributed by atoms with Gasteiger partial charge in [-0.3, -0.25) is 0 Å². The van der Waals surface area contributed by atoms with Crippen LogP contribution in [0.5, 0.6) is 0 Å². The number of aliphatic hydroxyl groups is 1. The average Bonchev–Trinajstić information content (AvgIpc) is 2.77. The number of hydrogen-bond acceptors (Lipinski definition) is 3. The Labute approximate surface area is 173 Å². The first-order chi connectivity index (χ1) is 14.0. The van der Waals surface area contributed by atoms with E-state index in [2.05, 4.69) is 7.05 Å². The monoisotopic (exact) mass is 394 g/mol. The number of esters is 1. The minimum Gasteiger partial charge on any atom is -0.462 e. The van der Waals surface area contributed by atoms with Crippen molar-refractivity contribution < 1.29 is 19.1 Å². The van der Waals surface area contributed by atoms with Crippen LogP contribution >= 0.6 is 0 Å². The molecule has 0 aliphatic carbocycles. The van der Waals surface area contributed by atoms with Gasteiger partial charge < -0.3 is 14.3 Å². The second-order valence-corrected chi connectivity index (χ2v) is 8.93. The molecule has 154 valence electrons. The molecular weight excluding hydrogens is 362 g/mol. The van der Waals surface area contributed by atoms with Gasteiger partial charge in [-0.2, -0.15) is 0 Å². The van der Waals surface area contributed by atoms with Crippen LogP contribution in [-0.4, -0.2) is 48.3 Å². The Kier molecular flexibility index (Phi) is 5.75. The summed E-state index contributed by atoms with van der Waals surface area (Å²) >= 11 is 0. The van der Waals surface area contributed by atoms with Gasteiger partial charge in [-0.1, -0.05) is 60.7 Å². The van der Waals surface area contributed by atoms with Gasteiger partial charge in [-0.15, -0.1) is 0 Å². The molecule has 0 bridgehead atoms. The van der Waals surface area contributed by atoms with E-state index in [1.54, 1.807) is 24.3 Å². The van der Waals surface area contributed by atoms with E-state index < -0.39 is 11.6 Å². The summed E-state index contributed by atoms with van der Waals surface area (Å²) < 4.78 is 6.97. The fourth-order valence-corrected chi connectivity index (χ4v) is 5.48. The molecule has 2 saturated heterocycles. The molecule has 4 nitrogen and oxygen atoms in total. The average molecular weight is 395 g/mol. The van der Waals surface area contributed by atoms with Gasteiger partial charge in [0.15, 0.2) is 0 Å². The Morgan fingerprint density at radius 2 is 1.55 bits per heavy atom. The van der Waals surface area contributed by atoms with E-state index >= 15 is 0 Å². The lowest BCUT2D eigenvalue weighted by molar-refractivity contribution is -0.947. The van der Waals surface area contributed by atoms with Gasteiger partial charge in [0.1, 0.15) is 0 Å². The number of carbonyl (C=O) groups is 1. The molecule has 4 heteroatoms. The molecule has 3 atom stereocenters. The molecule has 2 aromatic rings. The Hall–Kier alpha value is -2.17. The summed E-state index contributed by atoms with van der Waals surface area (Å²) in [7, 11) is 2.36. The van der Waals surface area contributed by atoms with Crippen LogP contribution in [0.15, 0.2) is 60.7 Å². The van der Waals surface area contributed by atoms with Crippen LogP contribution in [0.2, 0.25) is 0 Å². The summed E-state index contributed by atoms with van der Waals surface area (Å²) in [6.45, 7) is 2.85. The van der Waals surface area contributed by atoms with E-state index in [-0.39, 0.29) is 0 Å². The van der Waals surface area contributed by atoms with Crippen molar-refractivity contribution in [3.63, 3.8) is 0 Å². The fraction of sp³-hybridized carbons (Fsp3) is 0.480. The second kappa shape index (κ2) is 8.29. The van der Waals surface area contributed by atoms with E-state index in [4.69, 9.17) is 4.74 Å². The van der Waals surface area contributed by atoms with Gasteiger partial charge in [0.25, 0.3) is 0 Å². The highest BCUT2D eigenvalue weighted by Gasteiger charge is 2.46. The maximum absolute atomic E-state index is 13.3. The highest BCUT2D eigenvalue weighted by atomic mass is 16.5. The number of fused-ring (bicyclic) bond motifs is 1. The molecule has 4 rings (SSSR count). The Balaban J connectivity index is 1.55. The fourth-order valence-electron chi connectivity index (χ4n) is 5.48. The van der Waals surface area contributed by atoms with Gasteiger partial charge in [-0.05, 0) is 36.8 Å². The predicted octanol–water partition coefficient (Wildman–Crippen LogP) is 3.87. The van der Waals surface area contributed by atoms with Crippen molar-refractivity contribution in [2.24, 2.45) is 5.92 Å². The number of benzene rings is 2. The van der Waals surface area contributed by atoms with Crippen molar-refractivity contribution in [3.05, 3.63) is 71.8 Å². The summed E-state index contributed by atoms with van der Waals surface area (Å²) in [5, 5.41) is 11.6. The zero-order valence-electron chi connectivity index (χ0n) is 17.3. The number of rotatable bonds is 5. The number of quaternary nitrogens is 1. The lowest BCUT2D eigenvalue weighted by Crippen LogP contribution is -2.61. The zero-order valence-corrected chi connectivity index (χ0v) is 17.3. The van der Waals surface area contributed by atoms with E-state index in [0.29, 0.717) is 29.7 Å². The highest BCUT2D eigenvalue weighted by molar-refractivity contribution is 5.85. The maximum atomic E-state index is 13.3. The molecule has 2 heterocycles. The molecule has 1 N–H and O–H groups in total. The molecule has 0 saturated carbocycles. The number of hydrogen-bond donors (Lipinski definition) is 1. The largest absolute Gasteiger partial charge is 0.462 e. The van der Waals surface area contributed by atoms with Gasteiger partial charge in [0.05, 0.1) is 32.8 Å². The molecule has 0 aromatic heterocycles.